The van der Waals surface area contributed by atoms with Crippen molar-refractivity contribution in [2.24, 2.45) is 0 Å². The summed E-state index contributed by atoms with van der Waals surface area (Å²) in [4.78, 5) is 12.6. The van der Waals surface area contributed by atoms with E-state index in [4.69, 9.17) is 28.4 Å². The lowest BCUT2D eigenvalue weighted by atomic mass is 10.0. The van der Waals surface area contributed by atoms with Gasteiger partial charge in [-0.1, -0.05) is 75.8 Å². The van der Waals surface area contributed by atoms with Gasteiger partial charge in [-0.2, -0.15) is 13.2 Å². The topological polar surface area (TPSA) is 84.5 Å². The summed E-state index contributed by atoms with van der Waals surface area (Å²) < 4.78 is 72.2. The molecule has 3 rings (SSSR count). The molecular weight excluding hydrogens is 651 g/mol. The highest BCUT2D eigenvalue weighted by molar-refractivity contribution is 5.96. The molecule has 0 atom stereocenters. The molecule has 0 heterocycles. The van der Waals surface area contributed by atoms with E-state index in [-0.39, 0.29) is 24.5 Å². The van der Waals surface area contributed by atoms with Gasteiger partial charge in [0.2, 0.25) is 0 Å². The number of carbonyl (C=O) groups is 1. The number of ether oxygens (including phenoxy) is 6. The van der Waals surface area contributed by atoms with Crippen LogP contribution < -0.4 is 10.1 Å². The number of anilines is 2. The highest BCUT2D eigenvalue weighted by atomic mass is 19.4. The van der Waals surface area contributed by atoms with Gasteiger partial charge in [-0.3, -0.25) is 0 Å². The van der Waals surface area contributed by atoms with Crippen molar-refractivity contribution in [1.82, 2.24) is 0 Å². The summed E-state index contributed by atoms with van der Waals surface area (Å²) in [5.41, 5.74) is 1.30. The summed E-state index contributed by atoms with van der Waals surface area (Å²) in [6.45, 7) is 5.82. The average molecular weight is 704 g/mol. The number of nitrogens with one attached hydrogen (secondary N) is 1. The predicted molar refractivity (Wildman–Crippen MR) is 188 cm³/mol. The molecule has 0 fully saturated rings. The van der Waals surface area contributed by atoms with Crippen molar-refractivity contribution in [3.05, 3.63) is 89.5 Å². The first-order valence-corrected chi connectivity index (χ1v) is 17.6. The molecule has 1 N–H and O–H groups in total. The van der Waals surface area contributed by atoms with Crippen LogP contribution in [0.5, 0.6) is 5.75 Å². The van der Waals surface area contributed by atoms with Gasteiger partial charge in [0.15, 0.2) is 0 Å². The zero-order chi connectivity index (χ0) is 35.7. The van der Waals surface area contributed by atoms with Gasteiger partial charge in [-0.15, -0.1) is 0 Å². The normalized spacial score (nSPS) is 11.4. The largest absolute Gasteiger partial charge is 0.491 e. The first kappa shape index (κ1) is 40.8. The summed E-state index contributed by atoms with van der Waals surface area (Å²) in [6, 6.07) is 19.5. The second-order valence-electron chi connectivity index (χ2n) is 11.7. The maximum Gasteiger partial charge on any atom is 0.416 e. The van der Waals surface area contributed by atoms with E-state index in [1.807, 2.05) is 12.1 Å². The van der Waals surface area contributed by atoms with Crippen molar-refractivity contribution in [3.63, 3.8) is 0 Å². The number of carbonyl (C=O) groups excluding carboxylic acids is 1. The lowest BCUT2D eigenvalue weighted by molar-refractivity contribution is -0.137. The molecule has 0 radical (unpaired) electrons. The Labute approximate surface area is 294 Å². The van der Waals surface area contributed by atoms with Crippen molar-refractivity contribution < 1.29 is 46.4 Å². The Hall–Kier alpha value is -3.64. The molecular formula is C39H52F3NO7. The van der Waals surface area contributed by atoms with Gasteiger partial charge < -0.3 is 33.7 Å². The Bertz CT molecular complexity index is 1340. The van der Waals surface area contributed by atoms with Gasteiger partial charge in [-0.25, -0.2) is 4.79 Å². The average Bonchev–Trinajstić information content (AvgIpc) is 3.11. The second-order valence-corrected chi connectivity index (χ2v) is 11.7. The van der Waals surface area contributed by atoms with Gasteiger partial charge in [0.25, 0.3) is 0 Å². The number of hydrogen-bond donors (Lipinski definition) is 1. The van der Waals surface area contributed by atoms with Gasteiger partial charge in [-0.05, 0) is 60.9 Å². The SMILES string of the molecule is CCCCCCCCCc1ccc(OCCOCCOCCOCCOCCOC(=O)c2ccccc2Nc2cccc(C(F)(F)F)c2)cc1. The molecule has 0 spiro atoms. The van der Waals surface area contributed by atoms with Gasteiger partial charge >= 0.3 is 12.1 Å². The number of unbranched alkanes of at least 4 members (excludes halogenated alkanes) is 6. The van der Waals surface area contributed by atoms with Crippen LogP contribution in [0.25, 0.3) is 0 Å². The van der Waals surface area contributed by atoms with Gasteiger partial charge in [0.05, 0.1) is 69.7 Å². The summed E-state index contributed by atoms with van der Waals surface area (Å²) >= 11 is 0. The quantitative estimate of drug-likeness (QED) is 0.0622. The molecule has 0 unspecified atom stereocenters. The smallest absolute Gasteiger partial charge is 0.416 e. The third kappa shape index (κ3) is 17.3. The monoisotopic (exact) mass is 703 g/mol. The Balaban J connectivity index is 1.12. The zero-order valence-electron chi connectivity index (χ0n) is 29.1. The molecule has 276 valence electrons. The summed E-state index contributed by atoms with van der Waals surface area (Å²) in [7, 11) is 0. The van der Waals surface area contributed by atoms with Crippen LogP contribution in [0.2, 0.25) is 0 Å². The van der Waals surface area contributed by atoms with Crippen LogP contribution in [0.4, 0.5) is 24.5 Å². The highest BCUT2D eigenvalue weighted by Gasteiger charge is 2.30. The molecule has 50 heavy (non-hydrogen) atoms. The zero-order valence-corrected chi connectivity index (χ0v) is 29.1. The summed E-state index contributed by atoms with van der Waals surface area (Å²) in [5, 5.41) is 2.87. The van der Waals surface area contributed by atoms with Crippen molar-refractivity contribution >= 4 is 17.3 Å². The van der Waals surface area contributed by atoms with Crippen molar-refractivity contribution in [2.75, 3.05) is 71.4 Å². The van der Waals surface area contributed by atoms with E-state index in [9.17, 15) is 18.0 Å². The highest BCUT2D eigenvalue weighted by Crippen LogP contribution is 2.32. The van der Waals surface area contributed by atoms with Crippen LogP contribution >= 0.6 is 0 Å². The lowest BCUT2D eigenvalue weighted by Crippen LogP contribution is -2.15. The summed E-state index contributed by atoms with van der Waals surface area (Å²) in [5.74, 6) is 0.233. The molecule has 0 aliphatic rings. The van der Waals surface area contributed by atoms with E-state index in [2.05, 4.69) is 24.4 Å². The molecule has 11 heteroatoms. The van der Waals surface area contributed by atoms with Crippen molar-refractivity contribution in [2.45, 2.75) is 64.5 Å². The lowest BCUT2D eigenvalue weighted by Gasteiger charge is -2.13. The molecule has 3 aromatic rings. The molecule has 0 amide bonds. The fourth-order valence-electron chi connectivity index (χ4n) is 4.99. The van der Waals surface area contributed by atoms with Crippen LogP contribution in [-0.4, -0.2) is 72.0 Å². The minimum Gasteiger partial charge on any atom is -0.491 e. The second kappa shape index (κ2) is 24.5. The van der Waals surface area contributed by atoms with E-state index in [0.29, 0.717) is 58.5 Å². The number of rotatable bonds is 27. The Morgan fingerprint density at radius 2 is 1.22 bits per heavy atom. The predicted octanol–water partition coefficient (Wildman–Crippen LogP) is 9.04. The maximum absolute atomic E-state index is 13.0. The number of aryl methyl sites for hydroxylation is 1. The third-order valence-electron chi connectivity index (χ3n) is 7.68. The van der Waals surface area contributed by atoms with Gasteiger partial charge in [0.1, 0.15) is 19.0 Å². The van der Waals surface area contributed by atoms with E-state index >= 15 is 0 Å². The number of alkyl halides is 3. The molecule has 0 saturated carbocycles. The molecule has 0 aliphatic heterocycles. The number of hydrogen-bond acceptors (Lipinski definition) is 8. The minimum absolute atomic E-state index is 0.0104. The van der Waals surface area contributed by atoms with E-state index in [1.165, 1.54) is 68.7 Å². The van der Waals surface area contributed by atoms with Crippen LogP contribution in [0, 0.1) is 0 Å². The molecule has 3 aromatic carbocycles. The summed E-state index contributed by atoms with van der Waals surface area (Å²) in [6.07, 6.45) is 5.88. The van der Waals surface area contributed by atoms with Crippen molar-refractivity contribution in [3.8, 4) is 5.75 Å². The molecule has 0 aromatic heterocycles. The maximum atomic E-state index is 13.0. The minimum atomic E-state index is -4.47. The third-order valence-corrected chi connectivity index (χ3v) is 7.68. The number of halogens is 3. The first-order chi connectivity index (χ1) is 24.4. The fourth-order valence-corrected chi connectivity index (χ4v) is 4.99. The van der Waals surface area contributed by atoms with E-state index in [0.717, 1.165) is 24.3 Å². The van der Waals surface area contributed by atoms with Crippen molar-refractivity contribution in [1.29, 1.82) is 0 Å². The van der Waals surface area contributed by atoms with Crippen LogP contribution in [0.3, 0.4) is 0 Å². The number of esters is 1. The standard InChI is InChI=1S/C39H52F3NO7/c1-2-3-4-5-6-7-8-12-32-17-19-35(20-18-32)49-29-27-47-25-23-45-21-22-46-24-26-48-28-30-50-38(44)36-15-9-10-16-37(36)43-34-14-11-13-33(31-34)39(40,41)42/h9-11,13-20,31,43H,2-8,12,21-30H2,1H3. The van der Waals surface area contributed by atoms with E-state index in [1.54, 1.807) is 18.2 Å². The Morgan fingerprint density at radius 1 is 0.640 bits per heavy atom. The molecule has 0 aliphatic carbocycles. The van der Waals surface area contributed by atoms with Crippen LogP contribution in [0.15, 0.2) is 72.8 Å². The van der Waals surface area contributed by atoms with E-state index < -0.39 is 17.7 Å². The number of para-hydroxylation sites is 1. The number of benzene rings is 3. The fraction of sp³-hybridized carbons (Fsp3) is 0.513. The molecule has 0 bridgehead atoms. The Kier molecular flexibility index (Phi) is 20.0. The molecule has 8 nitrogen and oxygen atoms in total. The Morgan fingerprint density at radius 3 is 1.86 bits per heavy atom. The van der Waals surface area contributed by atoms with Crippen LogP contribution in [-0.2, 0) is 36.3 Å². The molecule has 0 saturated heterocycles. The van der Waals surface area contributed by atoms with Gasteiger partial charge in [0, 0.05) is 5.69 Å². The van der Waals surface area contributed by atoms with Crippen LogP contribution in [0.1, 0.15) is 73.4 Å². The first-order valence-electron chi connectivity index (χ1n) is 17.6.